The summed E-state index contributed by atoms with van der Waals surface area (Å²) in [6, 6.07) is 7.55. The number of carbonyl (C=O) groups excluding carboxylic acids is 1. The number of carbonyl (C=O) groups is 1. The molecule has 122 valence electrons. The first-order chi connectivity index (χ1) is 11.1. The summed E-state index contributed by atoms with van der Waals surface area (Å²) in [5.41, 5.74) is 6.18. The second-order valence-corrected chi connectivity index (χ2v) is 7.14. The Hall–Kier alpha value is -1.73. The predicted molar refractivity (Wildman–Crippen MR) is 92.3 cm³/mol. The first-order valence-electron chi connectivity index (χ1n) is 7.49. The number of benzene rings is 1. The SMILES string of the molecule is C[C@H](Sc1nnc(N2CCCC2)n1-c1ccccc1Cl)C(N)=O. The number of amides is 1. The van der Waals surface area contributed by atoms with E-state index in [-0.39, 0.29) is 5.91 Å². The predicted octanol–water partition coefficient (Wildman–Crippen LogP) is 2.49. The second-order valence-electron chi connectivity index (χ2n) is 5.43. The van der Waals surface area contributed by atoms with Crippen molar-refractivity contribution in [3.8, 4) is 5.69 Å². The first kappa shape index (κ1) is 16.1. The van der Waals surface area contributed by atoms with E-state index >= 15 is 0 Å². The lowest BCUT2D eigenvalue weighted by Crippen LogP contribution is -2.24. The molecule has 1 atom stereocenters. The van der Waals surface area contributed by atoms with Gasteiger partial charge in [-0.15, -0.1) is 10.2 Å². The first-order valence-corrected chi connectivity index (χ1v) is 8.75. The number of thioether (sulfide) groups is 1. The van der Waals surface area contributed by atoms with Gasteiger partial charge in [0.1, 0.15) is 0 Å². The van der Waals surface area contributed by atoms with Crippen molar-refractivity contribution in [2.24, 2.45) is 5.73 Å². The number of para-hydroxylation sites is 1. The molecule has 0 saturated carbocycles. The largest absolute Gasteiger partial charge is 0.369 e. The lowest BCUT2D eigenvalue weighted by molar-refractivity contribution is -0.117. The number of hydrogen-bond acceptors (Lipinski definition) is 5. The number of primary amides is 1. The molecule has 2 heterocycles. The molecule has 23 heavy (non-hydrogen) atoms. The van der Waals surface area contributed by atoms with Gasteiger partial charge in [-0.25, -0.2) is 0 Å². The number of nitrogens with zero attached hydrogens (tertiary/aromatic N) is 4. The third-order valence-corrected chi connectivity index (χ3v) is 5.16. The molecule has 0 radical (unpaired) electrons. The van der Waals surface area contributed by atoms with Gasteiger partial charge in [0.25, 0.3) is 0 Å². The third kappa shape index (κ3) is 3.30. The zero-order chi connectivity index (χ0) is 16.4. The highest BCUT2D eigenvalue weighted by atomic mass is 35.5. The molecular formula is C15H18ClN5OS. The van der Waals surface area contributed by atoms with Crippen LogP contribution in [0.3, 0.4) is 0 Å². The van der Waals surface area contributed by atoms with Crippen LogP contribution in [-0.2, 0) is 4.79 Å². The van der Waals surface area contributed by atoms with Gasteiger partial charge in [0.2, 0.25) is 11.9 Å². The molecule has 1 amide bonds. The highest BCUT2D eigenvalue weighted by molar-refractivity contribution is 8.00. The van der Waals surface area contributed by atoms with Crippen LogP contribution in [0.15, 0.2) is 29.4 Å². The highest BCUT2D eigenvalue weighted by Crippen LogP contribution is 2.33. The Morgan fingerprint density at radius 1 is 1.30 bits per heavy atom. The Morgan fingerprint density at radius 2 is 2.00 bits per heavy atom. The third-order valence-electron chi connectivity index (χ3n) is 3.78. The molecule has 2 aromatic rings. The summed E-state index contributed by atoms with van der Waals surface area (Å²) in [5.74, 6) is 0.376. The molecule has 6 nitrogen and oxygen atoms in total. The van der Waals surface area contributed by atoms with Gasteiger partial charge in [-0.3, -0.25) is 9.36 Å². The second kappa shape index (κ2) is 6.80. The van der Waals surface area contributed by atoms with Gasteiger partial charge in [0.15, 0.2) is 5.16 Å². The fourth-order valence-corrected chi connectivity index (χ4v) is 3.55. The van der Waals surface area contributed by atoms with E-state index in [0.717, 1.165) is 37.6 Å². The minimum absolute atomic E-state index is 0.383. The van der Waals surface area contributed by atoms with E-state index in [1.807, 2.05) is 28.8 Å². The summed E-state index contributed by atoms with van der Waals surface area (Å²) >= 11 is 7.66. The highest BCUT2D eigenvalue weighted by Gasteiger charge is 2.25. The Labute approximate surface area is 144 Å². The van der Waals surface area contributed by atoms with Gasteiger partial charge >= 0.3 is 0 Å². The van der Waals surface area contributed by atoms with Crippen LogP contribution < -0.4 is 10.6 Å². The van der Waals surface area contributed by atoms with Crippen LogP contribution in [-0.4, -0.2) is 39.0 Å². The quantitative estimate of drug-likeness (QED) is 0.837. The van der Waals surface area contributed by atoms with Crippen molar-refractivity contribution in [2.75, 3.05) is 18.0 Å². The van der Waals surface area contributed by atoms with Crippen molar-refractivity contribution < 1.29 is 4.79 Å². The van der Waals surface area contributed by atoms with E-state index in [1.165, 1.54) is 11.8 Å². The summed E-state index contributed by atoms with van der Waals surface area (Å²) < 4.78 is 1.91. The average molecular weight is 352 g/mol. The molecule has 8 heteroatoms. The van der Waals surface area contributed by atoms with E-state index < -0.39 is 5.25 Å². The summed E-state index contributed by atoms with van der Waals surface area (Å²) in [6.07, 6.45) is 2.27. The van der Waals surface area contributed by atoms with E-state index in [9.17, 15) is 4.79 Å². The molecule has 2 N–H and O–H groups in total. The Bertz CT molecular complexity index is 714. The van der Waals surface area contributed by atoms with E-state index in [4.69, 9.17) is 17.3 Å². The number of nitrogens with two attached hydrogens (primary N) is 1. The van der Waals surface area contributed by atoms with Crippen molar-refractivity contribution >= 4 is 35.2 Å². The summed E-state index contributed by atoms with van der Waals surface area (Å²) in [7, 11) is 0. The van der Waals surface area contributed by atoms with Crippen molar-refractivity contribution in [3.63, 3.8) is 0 Å². The lowest BCUT2D eigenvalue weighted by Gasteiger charge is -2.19. The monoisotopic (exact) mass is 351 g/mol. The standard InChI is InChI=1S/C15H18ClN5OS/c1-10(13(17)22)23-15-19-18-14(20-8-4-5-9-20)21(15)12-7-3-2-6-11(12)16/h2-3,6-7,10H,4-5,8-9H2,1H3,(H2,17,22)/t10-/m0/s1. The van der Waals surface area contributed by atoms with Gasteiger partial charge in [0, 0.05) is 13.1 Å². The zero-order valence-electron chi connectivity index (χ0n) is 12.8. The molecule has 0 aliphatic carbocycles. The average Bonchev–Trinajstić information content (AvgIpc) is 3.17. The molecule has 0 bridgehead atoms. The van der Waals surface area contributed by atoms with Crippen LogP contribution in [0.25, 0.3) is 5.69 Å². The van der Waals surface area contributed by atoms with E-state index in [2.05, 4.69) is 15.1 Å². The van der Waals surface area contributed by atoms with Gasteiger partial charge in [-0.2, -0.15) is 0 Å². The van der Waals surface area contributed by atoms with Crippen LogP contribution in [0.1, 0.15) is 19.8 Å². The van der Waals surface area contributed by atoms with Gasteiger partial charge in [-0.1, -0.05) is 35.5 Å². The number of aromatic nitrogens is 3. The minimum Gasteiger partial charge on any atom is -0.369 e. The maximum Gasteiger partial charge on any atom is 0.232 e. The fraction of sp³-hybridized carbons (Fsp3) is 0.400. The molecule has 0 unspecified atom stereocenters. The van der Waals surface area contributed by atoms with Crippen molar-refractivity contribution in [2.45, 2.75) is 30.2 Å². The molecule has 1 aromatic carbocycles. The van der Waals surface area contributed by atoms with Crippen LogP contribution in [0.5, 0.6) is 0 Å². The van der Waals surface area contributed by atoms with Crippen LogP contribution in [0.4, 0.5) is 5.95 Å². The van der Waals surface area contributed by atoms with Crippen LogP contribution >= 0.6 is 23.4 Å². The van der Waals surface area contributed by atoms with Gasteiger partial charge < -0.3 is 10.6 Å². The Morgan fingerprint density at radius 3 is 2.65 bits per heavy atom. The van der Waals surface area contributed by atoms with Gasteiger partial charge in [-0.05, 0) is 31.9 Å². The zero-order valence-corrected chi connectivity index (χ0v) is 14.3. The lowest BCUT2D eigenvalue weighted by atomic mass is 10.3. The number of rotatable bonds is 5. The van der Waals surface area contributed by atoms with E-state index in [0.29, 0.717) is 10.2 Å². The van der Waals surface area contributed by atoms with E-state index in [1.54, 1.807) is 6.92 Å². The maximum absolute atomic E-state index is 11.4. The Balaban J connectivity index is 2.06. The number of anilines is 1. The molecule has 1 saturated heterocycles. The molecule has 0 spiro atoms. The maximum atomic E-state index is 11.4. The summed E-state index contributed by atoms with van der Waals surface area (Å²) in [5, 5.41) is 9.44. The molecule has 1 fully saturated rings. The Kier molecular flexibility index (Phi) is 4.77. The normalized spacial score (nSPS) is 15.8. The molecule has 1 aliphatic rings. The van der Waals surface area contributed by atoms with Crippen molar-refractivity contribution in [3.05, 3.63) is 29.3 Å². The van der Waals surface area contributed by atoms with Crippen molar-refractivity contribution in [1.82, 2.24) is 14.8 Å². The van der Waals surface area contributed by atoms with Crippen LogP contribution in [0.2, 0.25) is 5.02 Å². The fourth-order valence-electron chi connectivity index (χ4n) is 2.52. The smallest absolute Gasteiger partial charge is 0.232 e. The molecule has 3 rings (SSSR count). The summed E-state index contributed by atoms with van der Waals surface area (Å²) in [6.45, 7) is 3.64. The number of halogens is 1. The molecular weight excluding hydrogens is 334 g/mol. The molecule has 1 aliphatic heterocycles. The summed E-state index contributed by atoms with van der Waals surface area (Å²) in [4.78, 5) is 13.6. The van der Waals surface area contributed by atoms with Crippen molar-refractivity contribution in [1.29, 1.82) is 0 Å². The van der Waals surface area contributed by atoms with Crippen LogP contribution in [0, 0.1) is 0 Å². The molecule has 1 aromatic heterocycles. The number of hydrogen-bond donors (Lipinski definition) is 1. The van der Waals surface area contributed by atoms with Gasteiger partial charge in [0.05, 0.1) is 16.0 Å². The topological polar surface area (TPSA) is 77.0 Å². The minimum atomic E-state index is -0.396.